The minimum atomic E-state index is -0.370. The Labute approximate surface area is 95.9 Å². The van der Waals surface area contributed by atoms with Crippen molar-refractivity contribution < 1.29 is 8.78 Å². The highest BCUT2D eigenvalue weighted by molar-refractivity contribution is 5.26. The van der Waals surface area contributed by atoms with Crippen LogP contribution in [-0.2, 0) is 5.41 Å². The van der Waals surface area contributed by atoms with Crippen molar-refractivity contribution in [3.05, 3.63) is 29.3 Å². The Morgan fingerprint density at radius 2 is 2.00 bits per heavy atom. The highest BCUT2D eigenvalue weighted by atomic mass is 19.1. The third kappa shape index (κ3) is 3.00. The molecule has 0 radical (unpaired) electrons. The molecule has 0 aliphatic carbocycles. The lowest BCUT2D eigenvalue weighted by molar-refractivity contribution is 0.443. The van der Waals surface area contributed by atoms with Gasteiger partial charge < -0.3 is 0 Å². The third-order valence-electron chi connectivity index (χ3n) is 2.73. The van der Waals surface area contributed by atoms with Crippen molar-refractivity contribution in [1.29, 1.82) is 0 Å². The van der Waals surface area contributed by atoms with Crippen LogP contribution in [0.4, 0.5) is 8.78 Å². The van der Waals surface area contributed by atoms with E-state index in [0.717, 1.165) is 5.69 Å². The summed E-state index contributed by atoms with van der Waals surface area (Å²) in [6.45, 7) is 7.40. The molecule has 1 unspecified atom stereocenters. The topological polar surface area (TPSA) is 12.9 Å². The van der Waals surface area contributed by atoms with Gasteiger partial charge in [0.1, 0.15) is 5.82 Å². The van der Waals surface area contributed by atoms with Gasteiger partial charge >= 0.3 is 0 Å². The number of hydrogen-bond donors (Lipinski definition) is 0. The molecule has 0 saturated heterocycles. The first-order valence-electron chi connectivity index (χ1n) is 5.58. The van der Waals surface area contributed by atoms with Gasteiger partial charge in [0.15, 0.2) is 0 Å². The Balaban J connectivity index is 3.07. The van der Waals surface area contributed by atoms with Gasteiger partial charge in [-0.1, -0.05) is 27.7 Å². The molecule has 0 spiro atoms. The first-order chi connectivity index (χ1) is 7.36. The van der Waals surface area contributed by atoms with Gasteiger partial charge in [0.2, 0.25) is 0 Å². The Kier molecular flexibility index (Phi) is 4.00. The van der Waals surface area contributed by atoms with Crippen molar-refractivity contribution in [2.24, 2.45) is 0 Å². The quantitative estimate of drug-likeness (QED) is 0.761. The van der Waals surface area contributed by atoms with Crippen LogP contribution in [0.3, 0.4) is 0 Å². The molecule has 0 amide bonds. The van der Waals surface area contributed by atoms with Crippen molar-refractivity contribution in [2.75, 3.05) is 6.67 Å². The largest absolute Gasteiger partial charge is 0.258 e. The number of hydrogen-bond acceptors (Lipinski definition) is 1. The molecule has 1 heterocycles. The van der Waals surface area contributed by atoms with Crippen molar-refractivity contribution in [3.8, 4) is 0 Å². The molecule has 0 aliphatic heterocycles. The molecular weight excluding hydrogens is 208 g/mol. The van der Waals surface area contributed by atoms with Crippen LogP contribution < -0.4 is 0 Å². The molecule has 0 aromatic carbocycles. The second-order valence-corrected chi connectivity index (χ2v) is 5.22. The summed E-state index contributed by atoms with van der Waals surface area (Å²) in [5, 5.41) is 0. The molecule has 16 heavy (non-hydrogen) atoms. The van der Waals surface area contributed by atoms with E-state index in [9.17, 15) is 8.78 Å². The second kappa shape index (κ2) is 4.89. The van der Waals surface area contributed by atoms with Gasteiger partial charge in [-0.25, -0.2) is 4.39 Å². The van der Waals surface area contributed by atoms with Crippen LogP contribution >= 0.6 is 0 Å². The lowest BCUT2D eigenvalue weighted by atomic mass is 9.86. The van der Waals surface area contributed by atoms with Gasteiger partial charge in [-0.15, -0.1) is 0 Å². The Bertz CT molecular complexity index is 355. The van der Waals surface area contributed by atoms with Crippen molar-refractivity contribution in [3.63, 3.8) is 0 Å². The van der Waals surface area contributed by atoms with Crippen LogP contribution in [0.5, 0.6) is 0 Å². The number of rotatable bonds is 3. The van der Waals surface area contributed by atoms with E-state index in [4.69, 9.17) is 0 Å². The third-order valence-corrected chi connectivity index (χ3v) is 2.73. The molecule has 90 valence electrons. The number of halogens is 2. The minimum Gasteiger partial charge on any atom is -0.258 e. The summed E-state index contributed by atoms with van der Waals surface area (Å²) in [5.41, 5.74) is 1.16. The Morgan fingerprint density at radius 1 is 1.38 bits per heavy atom. The molecule has 0 fully saturated rings. The first kappa shape index (κ1) is 13.1. The fraction of sp³-hybridized carbons (Fsp3) is 0.615. The van der Waals surface area contributed by atoms with E-state index < -0.39 is 0 Å². The lowest BCUT2D eigenvalue weighted by Crippen LogP contribution is -2.15. The molecule has 3 heteroatoms. The Hall–Kier alpha value is -0.990. The van der Waals surface area contributed by atoms with Crippen molar-refractivity contribution >= 4 is 0 Å². The summed E-state index contributed by atoms with van der Waals surface area (Å²) in [6.07, 6.45) is 1.67. The van der Waals surface area contributed by atoms with Crippen LogP contribution in [-0.4, -0.2) is 11.7 Å². The molecule has 1 nitrogen and oxygen atoms in total. The van der Waals surface area contributed by atoms with E-state index in [0.29, 0.717) is 12.0 Å². The zero-order valence-electron chi connectivity index (χ0n) is 10.3. The Morgan fingerprint density at radius 3 is 2.50 bits per heavy atom. The van der Waals surface area contributed by atoms with E-state index in [1.54, 1.807) is 6.07 Å². The first-order valence-corrected chi connectivity index (χ1v) is 5.58. The fourth-order valence-electron chi connectivity index (χ4n) is 1.61. The lowest BCUT2D eigenvalue weighted by Gasteiger charge is -2.21. The predicted octanol–water partition coefficient (Wildman–Crippen LogP) is 3.98. The van der Waals surface area contributed by atoms with Crippen LogP contribution in [0.15, 0.2) is 12.3 Å². The van der Waals surface area contributed by atoms with Gasteiger partial charge in [-0.3, -0.25) is 9.37 Å². The zero-order chi connectivity index (χ0) is 12.3. The fourth-order valence-corrected chi connectivity index (χ4v) is 1.61. The highest BCUT2D eigenvalue weighted by Gasteiger charge is 2.20. The average molecular weight is 227 g/mol. The van der Waals surface area contributed by atoms with Crippen LogP contribution in [0.1, 0.15) is 51.3 Å². The number of pyridine rings is 1. The van der Waals surface area contributed by atoms with Gasteiger partial charge in [-0.05, 0) is 23.5 Å². The number of nitrogens with zero attached hydrogens (tertiary/aromatic N) is 1. The summed E-state index contributed by atoms with van der Waals surface area (Å²) in [5.74, 6) is -0.254. The molecule has 0 bridgehead atoms. The van der Waals surface area contributed by atoms with Crippen LogP contribution in [0, 0.1) is 5.82 Å². The maximum atomic E-state index is 13.6. The molecule has 1 rings (SSSR count). The molecule has 0 N–H and O–H groups in total. The second-order valence-electron chi connectivity index (χ2n) is 5.22. The number of aromatic nitrogens is 1. The zero-order valence-corrected chi connectivity index (χ0v) is 10.3. The molecule has 0 saturated carbocycles. The normalized spacial score (nSPS) is 13.9. The van der Waals surface area contributed by atoms with Crippen LogP contribution in [0.25, 0.3) is 0 Å². The monoisotopic (exact) mass is 227 g/mol. The molecule has 1 aromatic rings. The summed E-state index contributed by atoms with van der Waals surface area (Å²) in [6, 6.07) is 1.76. The standard InChI is InChI=1S/C13H19F2N/c1-9(5-6-14)12-7-10(13(2,3)4)11(15)8-16-12/h7-9H,5-6H2,1-4H3. The molecular formula is C13H19F2N. The molecule has 0 aliphatic rings. The van der Waals surface area contributed by atoms with E-state index >= 15 is 0 Å². The van der Waals surface area contributed by atoms with Crippen molar-refractivity contribution in [1.82, 2.24) is 4.98 Å². The summed E-state index contributed by atoms with van der Waals surface area (Å²) in [7, 11) is 0. The van der Waals surface area contributed by atoms with Crippen LogP contribution in [0.2, 0.25) is 0 Å². The van der Waals surface area contributed by atoms with Crippen molar-refractivity contribution in [2.45, 2.75) is 45.4 Å². The average Bonchev–Trinajstić information content (AvgIpc) is 2.16. The number of alkyl halides is 1. The SMILES string of the molecule is CC(CCF)c1cc(C(C)(C)C)c(F)cn1. The van der Waals surface area contributed by atoms with Gasteiger partial charge in [0.25, 0.3) is 0 Å². The maximum absolute atomic E-state index is 13.6. The van der Waals surface area contributed by atoms with Gasteiger partial charge in [0, 0.05) is 11.6 Å². The van der Waals surface area contributed by atoms with E-state index in [1.165, 1.54) is 6.20 Å². The minimum absolute atomic E-state index is 0.0340. The molecule has 1 atom stereocenters. The van der Waals surface area contributed by atoms with E-state index in [-0.39, 0.29) is 23.8 Å². The molecule has 1 aromatic heterocycles. The van der Waals surface area contributed by atoms with E-state index in [1.807, 2.05) is 27.7 Å². The summed E-state index contributed by atoms with van der Waals surface area (Å²) >= 11 is 0. The predicted molar refractivity (Wildman–Crippen MR) is 61.9 cm³/mol. The highest BCUT2D eigenvalue weighted by Crippen LogP contribution is 2.27. The summed E-state index contributed by atoms with van der Waals surface area (Å²) < 4.78 is 25.8. The van der Waals surface area contributed by atoms with Gasteiger partial charge in [-0.2, -0.15) is 0 Å². The van der Waals surface area contributed by atoms with Gasteiger partial charge in [0.05, 0.1) is 12.9 Å². The summed E-state index contributed by atoms with van der Waals surface area (Å²) in [4.78, 5) is 4.03. The maximum Gasteiger partial charge on any atom is 0.145 e. The van der Waals surface area contributed by atoms with E-state index in [2.05, 4.69) is 4.98 Å². The smallest absolute Gasteiger partial charge is 0.145 e.